The molecule has 98 valence electrons. The van der Waals surface area contributed by atoms with Gasteiger partial charge in [-0.2, -0.15) is 0 Å². The van der Waals surface area contributed by atoms with Crippen LogP contribution in [0.25, 0.3) is 0 Å². The van der Waals surface area contributed by atoms with Crippen molar-refractivity contribution in [3.63, 3.8) is 0 Å². The highest BCUT2D eigenvalue weighted by molar-refractivity contribution is 5.86. The molecule has 1 N–H and O–H groups in total. The molecular weight excluding hydrogens is 234 g/mol. The van der Waals surface area contributed by atoms with Crippen LogP contribution in [0.15, 0.2) is 24.3 Å². The van der Waals surface area contributed by atoms with Crippen LogP contribution in [0.3, 0.4) is 0 Å². The van der Waals surface area contributed by atoms with Gasteiger partial charge < -0.3 is 14.7 Å². The van der Waals surface area contributed by atoms with E-state index in [2.05, 4.69) is 0 Å². The van der Waals surface area contributed by atoms with Crippen LogP contribution in [0.2, 0.25) is 0 Å². The fraction of sp³-hybridized carbons (Fsp3) is 0.385. The highest BCUT2D eigenvalue weighted by atomic mass is 16.5. The van der Waals surface area contributed by atoms with E-state index in [1.165, 1.54) is 32.9 Å². The SMILES string of the molecule is COc1ccc(C(C)(C(=O)O)N(C)C(C)=O)cc1. The lowest BCUT2D eigenvalue weighted by Gasteiger charge is -2.34. The predicted octanol–water partition coefficient (Wildman–Crippen LogP) is 1.47. The highest BCUT2D eigenvalue weighted by Gasteiger charge is 2.40. The molecule has 0 aliphatic rings. The summed E-state index contributed by atoms with van der Waals surface area (Å²) in [6.45, 7) is 2.84. The van der Waals surface area contributed by atoms with E-state index in [1.807, 2.05) is 0 Å². The predicted molar refractivity (Wildman–Crippen MR) is 66.4 cm³/mol. The molecule has 0 saturated carbocycles. The molecule has 0 aliphatic carbocycles. The Bertz CT molecular complexity index is 455. The van der Waals surface area contributed by atoms with Crippen molar-refractivity contribution < 1.29 is 19.4 Å². The van der Waals surface area contributed by atoms with Crippen molar-refractivity contribution in [1.29, 1.82) is 0 Å². The minimum Gasteiger partial charge on any atom is -0.497 e. The van der Waals surface area contributed by atoms with Crippen molar-refractivity contribution in [3.05, 3.63) is 29.8 Å². The quantitative estimate of drug-likeness (QED) is 0.880. The van der Waals surface area contributed by atoms with Crippen LogP contribution >= 0.6 is 0 Å². The first-order valence-corrected chi connectivity index (χ1v) is 5.46. The molecule has 0 radical (unpaired) electrons. The number of likely N-dealkylation sites (N-methyl/N-ethyl adjacent to an activating group) is 1. The Morgan fingerprint density at radius 2 is 1.78 bits per heavy atom. The van der Waals surface area contributed by atoms with Gasteiger partial charge in [-0.1, -0.05) is 12.1 Å². The molecule has 0 bridgehead atoms. The molecule has 0 aliphatic heterocycles. The van der Waals surface area contributed by atoms with E-state index in [9.17, 15) is 14.7 Å². The van der Waals surface area contributed by atoms with Gasteiger partial charge in [0.2, 0.25) is 5.91 Å². The average molecular weight is 251 g/mol. The summed E-state index contributed by atoms with van der Waals surface area (Å²) in [7, 11) is 3.01. The number of hydrogen-bond acceptors (Lipinski definition) is 3. The molecule has 1 unspecified atom stereocenters. The first-order valence-electron chi connectivity index (χ1n) is 5.46. The molecule has 0 spiro atoms. The van der Waals surface area contributed by atoms with Crippen molar-refractivity contribution in [3.8, 4) is 5.75 Å². The van der Waals surface area contributed by atoms with E-state index < -0.39 is 11.5 Å². The van der Waals surface area contributed by atoms with E-state index in [0.29, 0.717) is 11.3 Å². The number of carbonyl (C=O) groups is 2. The Labute approximate surface area is 106 Å². The number of methoxy groups -OCH3 is 1. The third-order valence-corrected chi connectivity index (χ3v) is 3.21. The van der Waals surface area contributed by atoms with Gasteiger partial charge in [-0.05, 0) is 24.6 Å². The van der Waals surface area contributed by atoms with Crippen molar-refractivity contribution in [2.24, 2.45) is 0 Å². The van der Waals surface area contributed by atoms with Gasteiger partial charge >= 0.3 is 5.97 Å². The number of rotatable bonds is 4. The summed E-state index contributed by atoms with van der Waals surface area (Å²) in [6.07, 6.45) is 0. The monoisotopic (exact) mass is 251 g/mol. The largest absolute Gasteiger partial charge is 0.497 e. The molecule has 18 heavy (non-hydrogen) atoms. The Hall–Kier alpha value is -2.04. The highest BCUT2D eigenvalue weighted by Crippen LogP contribution is 2.29. The fourth-order valence-electron chi connectivity index (χ4n) is 1.69. The second-order valence-electron chi connectivity index (χ2n) is 4.18. The van der Waals surface area contributed by atoms with Crippen LogP contribution in [0.4, 0.5) is 0 Å². The Balaban J connectivity index is 3.26. The summed E-state index contributed by atoms with van der Waals surface area (Å²) in [4.78, 5) is 24.1. The van der Waals surface area contributed by atoms with Crippen LogP contribution < -0.4 is 4.74 Å². The van der Waals surface area contributed by atoms with Crippen molar-refractivity contribution in [2.45, 2.75) is 19.4 Å². The van der Waals surface area contributed by atoms with E-state index in [1.54, 1.807) is 24.3 Å². The number of hydrogen-bond donors (Lipinski definition) is 1. The van der Waals surface area contributed by atoms with E-state index in [4.69, 9.17) is 4.74 Å². The van der Waals surface area contributed by atoms with Gasteiger partial charge in [-0.15, -0.1) is 0 Å². The number of carboxylic acids is 1. The molecular formula is C13H17NO4. The number of benzene rings is 1. The normalized spacial score (nSPS) is 13.6. The van der Waals surface area contributed by atoms with Gasteiger partial charge in [-0.3, -0.25) is 4.79 Å². The summed E-state index contributed by atoms with van der Waals surface area (Å²) in [5.41, 5.74) is -0.869. The lowest BCUT2D eigenvalue weighted by atomic mass is 9.90. The number of nitrogens with zero attached hydrogens (tertiary/aromatic N) is 1. The third kappa shape index (κ3) is 2.30. The zero-order valence-electron chi connectivity index (χ0n) is 10.9. The number of aliphatic carboxylic acids is 1. The Morgan fingerprint density at radius 1 is 1.28 bits per heavy atom. The third-order valence-electron chi connectivity index (χ3n) is 3.21. The topological polar surface area (TPSA) is 66.8 Å². The van der Waals surface area contributed by atoms with Crippen LogP contribution in [0, 0.1) is 0 Å². The summed E-state index contributed by atoms with van der Waals surface area (Å²) >= 11 is 0. The maximum atomic E-state index is 11.5. The second-order valence-corrected chi connectivity index (χ2v) is 4.18. The van der Waals surface area contributed by atoms with Crippen LogP contribution in [-0.4, -0.2) is 36.0 Å². The van der Waals surface area contributed by atoms with E-state index in [-0.39, 0.29) is 5.91 Å². The molecule has 1 amide bonds. The molecule has 5 heteroatoms. The standard InChI is InChI=1S/C13H17NO4/c1-9(15)14(3)13(2,12(16)17)10-5-7-11(18-4)8-6-10/h5-8H,1-4H3,(H,16,17). The van der Waals surface area contributed by atoms with Crippen LogP contribution in [0.1, 0.15) is 19.4 Å². The molecule has 0 aromatic heterocycles. The minimum atomic E-state index is -1.39. The Kier molecular flexibility index (Phi) is 3.96. The smallest absolute Gasteiger partial charge is 0.334 e. The number of carboxylic acid groups (broad SMARTS) is 1. The van der Waals surface area contributed by atoms with Gasteiger partial charge in [0.15, 0.2) is 5.54 Å². The first-order chi connectivity index (χ1) is 8.33. The molecule has 1 rings (SSSR count). The maximum absolute atomic E-state index is 11.5. The summed E-state index contributed by atoms with van der Waals surface area (Å²) in [5.74, 6) is -0.752. The zero-order chi connectivity index (χ0) is 13.9. The van der Waals surface area contributed by atoms with Gasteiger partial charge in [0.25, 0.3) is 0 Å². The average Bonchev–Trinajstić information content (AvgIpc) is 2.36. The van der Waals surface area contributed by atoms with Crippen LogP contribution in [-0.2, 0) is 15.1 Å². The number of amides is 1. The van der Waals surface area contributed by atoms with Gasteiger partial charge in [0.1, 0.15) is 5.75 Å². The summed E-state index contributed by atoms with van der Waals surface area (Å²) < 4.78 is 5.02. The van der Waals surface area contributed by atoms with Gasteiger partial charge in [0.05, 0.1) is 7.11 Å². The molecule has 1 aromatic rings. The van der Waals surface area contributed by atoms with Crippen molar-refractivity contribution in [1.82, 2.24) is 4.90 Å². The lowest BCUT2D eigenvalue weighted by Crippen LogP contribution is -2.49. The maximum Gasteiger partial charge on any atom is 0.334 e. The number of ether oxygens (including phenoxy) is 1. The molecule has 5 nitrogen and oxygen atoms in total. The molecule has 1 aromatic carbocycles. The molecule has 0 heterocycles. The van der Waals surface area contributed by atoms with Gasteiger partial charge in [0, 0.05) is 14.0 Å². The van der Waals surface area contributed by atoms with Crippen molar-refractivity contribution in [2.75, 3.05) is 14.2 Å². The minimum absolute atomic E-state index is 0.310. The van der Waals surface area contributed by atoms with Crippen molar-refractivity contribution >= 4 is 11.9 Å². The summed E-state index contributed by atoms with van der Waals surface area (Å²) in [5, 5.41) is 9.41. The van der Waals surface area contributed by atoms with Crippen LogP contribution in [0.5, 0.6) is 5.75 Å². The Morgan fingerprint density at radius 3 is 2.11 bits per heavy atom. The zero-order valence-corrected chi connectivity index (χ0v) is 10.9. The molecule has 0 fully saturated rings. The number of carbonyl (C=O) groups excluding carboxylic acids is 1. The molecule has 0 saturated heterocycles. The molecule has 1 atom stereocenters. The van der Waals surface area contributed by atoms with E-state index in [0.717, 1.165) is 0 Å². The van der Waals surface area contributed by atoms with E-state index >= 15 is 0 Å². The summed E-state index contributed by atoms with van der Waals surface area (Å²) in [6, 6.07) is 6.63. The lowest BCUT2D eigenvalue weighted by molar-refractivity contribution is -0.156. The first kappa shape index (κ1) is 14.0. The second kappa shape index (κ2) is 5.08. The van der Waals surface area contributed by atoms with Gasteiger partial charge in [-0.25, -0.2) is 4.79 Å². The fourth-order valence-corrected chi connectivity index (χ4v) is 1.69.